The molecule has 1 saturated heterocycles. The topological polar surface area (TPSA) is 62.7 Å². The lowest BCUT2D eigenvalue weighted by molar-refractivity contribution is 0.542. The molecule has 0 spiro atoms. The molecule has 1 atom stereocenters. The van der Waals surface area contributed by atoms with E-state index in [0.717, 1.165) is 30.7 Å². The van der Waals surface area contributed by atoms with Crippen LogP contribution in [0.5, 0.6) is 0 Å². The van der Waals surface area contributed by atoms with E-state index in [1.54, 1.807) is 10.8 Å². The Kier molecular flexibility index (Phi) is 1.85. The van der Waals surface area contributed by atoms with Crippen molar-refractivity contribution in [2.75, 3.05) is 13.1 Å². The van der Waals surface area contributed by atoms with E-state index < -0.39 is 0 Å². The first kappa shape index (κ1) is 8.67. The van der Waals surface area contributed by atoms with Crippen LogP contribution < -0.4 is 11.0 Å². The average Bonchev–Trinajstić information content (AvgIpc) is 2.82. The van der Waals surface area contributed by atoms with E-state index in [-0.39, 0.29) is 11.7 Å². The molecule has 0 aromatic carbocycles. The number of pyridine rings is 1. The highest BCUT2D eigenvalue weighted by molar-refractivity contribution is 5.70. The quantitative estimate of drug-likeness (QED) is 0.700. The average molecular weight is 204 g/mol. The maximum absolute atomic E-state index is 11.8. The number of nitrogens with zero attached hydrogens (tertiary/aromatic N) is 2. The molecule has 3 heterocycles. The number of H-pyrrole nitrogens is 1. The van der Waals surface area contributed by atoms with Gasteiger partial charge in [-0.15, -0.1) is 0 Å². The van der Waals surface area contributed by atoms with Crippen LogP contribution in [-0.4, -0.2) is 27.6 Å². The Morgan fingerprint density at radius 2 is 2.47 bits per heavy atom. The van der Waals surface area contributed by atoms with Crippen molar-refractivity contribution in [2.24, 2.45) is 0 Å². The van der Waals surface area contributed by atoms with Crippen LogP contribution in [0, 0.1) is 0 Å². The zero-order valence-electron chi connectivity index (χ0n) is 8.23. The van der Waals surface area contributed by atoms with Gasteiger partial charge in [-0.3, -0.25) is 4.57 Å². The number of imidazole rings is 1. The van der Waals surface area contributed by atoms with E-state index in [9.17, 15) is 4.79 Å². The summed E-state index contributed by atoms with van der Waals surface area (Å²) < 4.78 is 1.76. The molecule has 2 N–H and O–H groups in total. The molecule has 0 bridgehead atoms. The Balaban J connectivity index is 2.23. The molecule has 0 saturated carbocycles. The van der Waals surface area contributed by atoms with Crippen molar-refractivity contribution in [2.45, 2.75) is 12.5 Å². The van der Waals surface area contributed by atoms with Crippen molar-refractivity contribution in [3.05, 3.63) is 28.8 Å². The standard InChI is InChI=1S/C10H12N4O/c15-10-13-8-2-1-4-12-9(8)14(10)7-3-5-11-6-7/h1-2,4,7,11H,3,5-6H2,(H,13,15). The Hall–Kier alpha value is -1.62. The van der Waals surface area contributed by atoms with Crippen LogP contribution in [0.1, 0.15) is 12.5 Å². The third kappa shape index (κ3) is 1.27. The normalized spacial score (nSPS) is 21.2. The Morgan fingerprint density at radius 3 is 3.27 bits per heavy atom. The van der Waals surface area contributed by atoms with Crippen LogP contribution in [0.15, 0.2) is 23.1 Å². The minimum Gasteiger partial charge on any atom is -0.315 e. The van der Waals surface area contributed by atoms with E-state index in [2.05, 4.69) is 15.3 Å². The van der Waals surface area contributed by atoms with Gasteiger partial charge in [0.1, 0.15) is 0 Å². The van der Waals surface area contributed by atoms with Gasteiger partial charge in [0, 0.05) is 12.7 Å². The number of fused-ring (bicyclic) bond motifs is 1. The number of hydrogen-bond acceptors (Lipinski definition) is 3. The molecule has 2 aromatic heterocycles. The molecule has 5 heteroatoms. The molecule has 15 heavy (non-hydrogen) atoms. The Morgan fingerprint density at radius 1 is 1.53 bits per heavy atom. The first-order valence-corrected chi connectivity index (χ1v) is 5.12. The van der Waals surface area contributed by atoms with E-state index in [1.165, 1.54) is 0 Å². The molecule has 0 aliphatic carbocycles. The van der Waals surface area contributed by atoms with Gasteiger partial charge in [-0.25, -0.2) is 9.78 Å². The molecular formula is C10H12N4O. The van der Waals surface area contributed by atoms with Crippen molar-refractivity contribution in [3.63, 3.8) is 0 Å². The fraction of sp³-hybridized carbons (Fsp3) is 0.400. The summed E-state index contributed by atoms with van der Waals surface area (Å²) in [4.78, 5) is 18.8. The monoisotopic (exact) mass is 204 g/mol. The zero-order valence-corrected chi connectivity index (χ0v) is 8.23. The summed E-state index contributed by atoms with van der Waals surface area (Å²) in [6.07, 6.45) is 2.71. The number of rotatable bonds is 1. The second kappa shape index (κ2) is 3.20. The van der Waals surface area contributed by atoms with Crippen molar-refractivity contribution in [1.82, 2.24) is 19.9 Å². The molecule has 78 valence electrons. The Bertz CT molecular complexity index is 536. The van der Waals surface area contributed by atoms with Gasteiger partial charge in [0.15, 0.2) is 5.65 Å². The molecule has 3 rings (SSSR count). The molecule has 1 aliphatic heterocycles. The van der Waals surface area contributed by atoms with Crippen LogP contribution in [0.25, 0.3) is 11.2 Å². The molecule has 0 amide bonds. The van der Waals surface area contributed by atoms with Gasteiger partial charge in [0.05, 0.1) is 11.6 Å². The zero-order chi connectivity index (χ0) is 10.3. The first-order valence-electron chi connectivity index (χ1n) is 5.12. The first-order chi connectivity index (χ1) is 7.36. The SMILES string of the molecule is O=c1[nH]c2cccnc2n1C1CCNC1. The highest BCUT2D eigenvalue weighted by Gasteiger charge is 2.20. The van der Waals surface area contributed by atoms with Crippen molar-refractivity contribution in [1.29, 1.82) is 0 Å². The van der Waals surface area contributed by atoms with Crippen LogP contribution in [0.2, 0.25) is 0 Å². The molecule has 1 fully saturated rings. The van der Waals surface area contributed by atoms with Gasteiger partial charge in [-0.05, 0) is 25.1 Å². The molecule has 2 aromatic rings. The lowest BCUT2D eigenvalue weighted by Crippen LogP contribution is -2.24. The predicted octanol–water partition coefficient (Wildman–Crippen LogP) is 0.259. The third-order valence-electron chi connectivity index (χ3n) is 2.87. The maximum atomic E-state index is 11.8. The molecular weight excluding hydrogens is 192 g/mol. The summed E-state index contributed by atoms with van der Waals surface area (Å²) in [5.74, 6) is 0. The number of nitrogens with one attached hydrogen (secondary N) is 2. The molecule has 5 nitrogen and oxygen atoms in total. The summed E-state index contributed by atoms with van der Waals surface area (Å²) in [6, 6.07) is 3.94. The molecule has 1 aliphatic rings. The smallest absolute Gasteiger partial charge is 0.315 e. The van der Waals surface area contributed by atoms with Gasteiger partial charge in [0.25, 0.3) is 0 Å². The summed E-state index contributed by atoms with van der Waals surface area (Å²) >= 11 is 0. The predicted molar refractivity (Wildman–Crippen MR) is 56.9 cm³/mol. The van der Waals surface area contributed by atoms with Crippen molar-refractivity contribution >= 4 is 11.2 Å². The van der Waals surface area contributed by atoms with Gasteiger partial charge in [0.2, 0.25) is 0 Å². The summed E-state index contributed by atoms with van der Waals surface area (Å²) in [7, 11) is 0. The van der Waals surface area contributed by atoms with E-state index in [4.69, 9.17) is 0 Å². The molecule has 1 unspecified atom stereocenters. The fourth-order valence-corrected chi connectivity index (χ4v) is 2.16. The largest absolute Gasteiger partial charge is 0.327 e. The highest BCUT2D eigenvalue weighted by atomic mass is 16.1. The lowest BCUT2D eigenvalue weighted by Gasteiger charge is -2.08. The number of aromatic amines is 1. The van der Waals surface area contributed by atoms with Gasteiger partial charge in [-0.1, -0.05) is 0 Å². The maximum Gasteiger partial charge on any atom is 0.327 e. The third-order valence-corrected chi connectivity index (χ3v) is 2.87. The van der Waals surface area contributed by atoms with E-state index in [1.807, 2.05) is 12.1 Å². The van der Waals surface area contributed by atoms with Crippen LogP contribution >= 0.6 is 0 Å². The van der Waals surface area contributed by atoms with Crippen LogP contribution in [0.3, 0.4) is 0 Å². The highest BCUT2D eigenvalue weighted by Crippen LogP contribution is 2.17. The van der Waals surface area contributed by atoms with Gasteiger partial charge < -0.3 is 10.3 Å². The van der Waals surface area contributed by atoms with Crippen molar-refractivity contribution in [3.8, 4) is 0 Å². The number of hydrogen-bond donors (Lipinski definition) is 2. The van der Waals surface area contributed by atoms with E-state index in [0.29, 0.717) is 0 Å². The summed E-state index contributed by atoms with van der Waals surface area (Å²) in [5.41, 5.74) is 1.52. The van der Waals surface area contributed by atoms with Crippen molar-refractivity contribution < 1.29 is 0 Å². The number of aromatic nitrogens is 3. The minimum atomic E-state index is -0.0580. The fourth-order valence-electron chi connectivity index (χ4n) is 2.16. The van der Waals surface area contributed by atoms with Gasteiger partial charge >= 0.3 is 5.69 Å². The lowest BCUT2D eigenvalue weighted by atomic mass is 10.2. The second-order valence-electron chi connectivity index (χ2n) is 3.82. The Labute approximate surface area is 86.1 Å². The van der Waals surface area contributed by atoms with Crippen LogP contribution in [0.4, 0.5) is 0 Å². The van der Waals surface area contributed by atoms with E-state index >= 15 is 0 Å². The summed E-state index contributed by atoms with van der Waals surface area (Å²) in [5, 5.41) is 3.25. The minimum absolute atomic E-state index is 0.0580. The molecule has 0 radical (unpaired) electrons. The summed E-state index contributed by atoms with van der Waals surface area (Å²) in [6.45, 7) is 1.82. The van der Waals surface area contributed by atoms with Gasteiger partial charge in [-0.2, -0.15) is 0 Å². The second-order valence-corrected chi connectivity index (χ2v) is 3.82. The van der Waals surface area contributed by atoms with Crippen LogP contribution in [-0.2, 0) is 0 Å².